The van der Waals surface area contributed by atoms with Crippen molar-refractivity contribution >= 4 is 5.91 Å². The van der Waals surface area contributed by atoms with E-state index in [0.717, 1.165) is 17.8 Å². The van der Waals surface area contributed by atoms with Crippen LogP contribution in [-0.2, 0) is 13.0 Å². The molecule has 4 heteroatoms. The lowest BCUT2D eigenvalue weighted by Crippen LogP contribution is -2.14. The van der Waals surface area contributed by atoms with Gasteiger partial charge in [0.15, 0.2) is 0 Å². The van der Waals surface area contributed by atoms with E-state index in [4.69, 9.17) is 0 Å². The number of hydrogen-bond acceptors (Lipinski definition) is 3. The molecular weight excluding hydrogens is 154 g/mol. The van der Waals surface area contributed by atoms with Crippen LogP contribution >= 0.6 is 0 Å². The Bertz CT molecular complexity index is 335. The Balaban J connectivity index is 2.60. The number of nitrogens with one attached hydrogen (secondary N) is 1. The lowest BCUT2D eigenvalue weighted by Gasteiger charge is -1.99. The summed E-state index contributed by atoms with van der Waals surface area (Å²) in [6, 6.07) is 0. The lowest BCUT2D eigenvalue weighted by atomic mass is 10.1. The molecule has 0 bridgehead atoms. The van der Waals surface area contributed by atoms with Gasteiger partial charge in [0.2, 0.25) is 0 Å². The second kappa shape index (κ2) is 2.55. The molecule has 0 saturated heterocycles. The fourth-order valence-electron chi connectivity index (χ4n) is 1.38. The molecule has 0 saturated carbocycles. The highest BCUT2D eigenvalue weighted by molar-refractivity contribution is 5.98. The third-order valence-corrected chi connectivity index (χ3v) is 1.98. The zero-order valence-electron chi connectivity index (χ0n) is 6.79. The van der Waals surface area contributed by atoms with Gasteiger partial charge in [-0.2, -0.15) is 0 Å². The average molecular weight is 163 g/mol. The van der Waals surface area contributed by atoms with Crippen molar-refractivity contribution in [3.8, 4) is 0 Å². The summed E-state index contributed by atoms with van der Waals surface area (Å²) in [4.78, 5) is 19.3. The number of aromatic nitrogens is 2. The van der Waals surface area contributed by atoms with Gasteiger partial charge in [-0.1, -0.05) is 6.92 Å². The van der Waals surface area contributed by atoms with Crippen molar-refractivity contribution in [3.05, 3.63) is 23.3 Å². The van der Waals surface area contributed by atoms with E-state index in [1.807, 2.05) is 6.92 Å². The third-order valence-electron chi connectivity index (χ3n) is 1.98. The Hall–Kier alpha value is -1.45. The van der Waals surface area contributed by atoms with Crippen molar-refractivity contribution in [1.29, 1.82) is 0 Å². The molecule has 0 spiro atoms. The Morgan fingerprint density at radius 2 is 2.42 bits per heavy atom. The fourth-order valence-corrected chi connectivity index (χ4v) is 1.38. The van der Waals surface area contributed by atoms with Crippen LogP contribution in [0.15, 0.2) is 6.33 Å². The van der Waals surface area contributed by atoms with Gasteiger partial charge in [-0.15, -0.1) is 0 Å². The van der Waals surface area contributed by atoms with Crippen LogP contribution in [0.1, 0.15) is 28.7 Å². The molecule has 2 heterocycles. The summed E-state index contributed by atoms with van der Waals surface area (Å²) in [5, 5.41) is 2.72. The first-order chi connectivity index (χ1) is 5.83. The van der Waals surface area contributed by atoms with Crippen molar-refractivity contribution in [2.75, 3.05) is 0 Å². The Morgan fingerprint density at radius 1 is 1.58 bits per heavy atom. The van der Waals surface area contributed by atoms with E-state index in [1.54, 1.807) is 0 Å². The van der Waals surface area contributed by atoms with Gasteiger partial charge in [-0.3, -0.25) is 4.79 Å². The minimum Gasteiger partial charge on any atom is -0.346 e. The van der Waals surface area contributed by atoms with Gasteiger partial charge in [0.25, 0.3) is 5.91 Å². The maximum Gasteiger partial charge on any atom is 0.255 e. The van der Waals surface area contributed by atoms with Crippen molar-refractivity contribution in [2.24, 2.45) is 0 Å². The van der Waals surface area contributed by atoms with Crippen LogP contribution in [0.2, 0.25) is 0 Å². The molecule has 0 unspecified atom stereocenters. The van der Waals surface area contributed by atoms with Gasteiger partial charge < -0.3 is 5.32 Å². The van der Waals surface area contributed by atoms with Crippen LogP contribution in [0.25, 0.3) is 0 Å². The molecular formula is C8H9N3O. The van der Waals surface area contributed by atoms with Crippen LogP contribution in [-0.4, -0.2) is 15.9 Å². The number of amides is 1. The van der Waals surface area contributed by atoms with Crippen LogP contribution < -0.4 is 5.32 Å². The summed E-state index contributed by atoms with van der Waals surface area (Å²) < 4.78 is 0. The van der Waals surface area contributed by atoms with Crippen LogP contribution in [0, 0.1) is 0 Å². The zero-order chi connectivity index (χ0) is 8.55. The zero-order valence-corrected chi connectivity index (χ0v) is 6.79. The second-order valence-electron chi connectivity index (χ2n) is 2.68. The van der Waals surface area contributed by atoms with Gasteiger partial charge in [-0.05, 0) is 6.42 Å². The highest BCUT2D eigenvalue weighted by Crippen LogP contribution is 2.15. The van der Waals surface area contributed by atoms with Gasteiger partial charge in [0.1, 0.15) is 6.33 Å². The third kappa shape index (κ3) is 0.879. The van der Waals surface area contributed by atoms with Crippen LogP contribution in [0.3, 0.4) is 0 Å². The molecule has 1 N–H and O–H groups in total. The maximum absolute atomic E-state index is 11.3. The van der Waals surface area contributed by atoms with Crippen LogP contribution in [0.5, 0.6) is 0 Å². The molecule has 1 aliphatic rings. The van der Waals surface area contributed by atoms with Crippen molar-refractivity contribution in [3.63, 3.8) is 0 Å². The first-order valence-corrected chi connectivity index (χ1v) is 3.94. The molecule has 0 aromatic carbocycles. The van der Waals surface area contributed by atoms with Gasteiger partial charge in [0.05, 0.1) is 23.5 Å². The van der Waals surface area contributed by atoms with E-state index >= 15 is 0 Å². The topological polar surface area (TPSA) is 54.9 Å². The first kappa shape index (κ1) is 7.21. The number of carbonyl (C=O) groups is 1. The van der Waals surface area contributed by atoms with E-state index in [2.05, 4.69) is 15.3 Å². The summed E-state index contributed by atoms with van der Waals surface area (Å²) >= 11 is 0. The predicted octanol–water partition coefficient (Wildman–Crippen LogP) is 0.282. The molecule has 1 amide bonds. The number of aryl methyl sites for hydroxylation is 1. The number of hydrogen-bond donors (Lipinski definition) is 1. The predicted molar refractivity (Wildman–Crippen MR) is 42.6 cm³/mol. The second-order valence-corrected chi connectivity index (χ2v) is 2.68. The van der Waals surface area contributed by atoms with Gasteiger partial charge in [-0.25, -0.2) is 9.97 Å². The molecule has 4 nitrogen and oxygen atoms in total. The summed E-state index contributed by atoms with van der Waals surface area (Å²) in [5.41, 5.74) is 2.35. The number of carbonyl (C=O) groups excluding carboxylic acids is 1. The van der Waals surface area contributed by atoms with Gasteiger partial charge >= 0.3 is 0 Å². The lowest BCUT2D eigenvalue weighted by molar-refractivity contribution is 0.0964. The van der Waals surface area contributed by atoms with Crippen molar-refractivity contribution < 1.29 is 4.79 Å². The normalized spacial score (nSPS) is 14.2. The molecule has 1 aliphatic heterocycles. The fraction of sp³-hybridized carbons (Fsp3) is 0.375. The maximum atomic E-state index is 11.3. The molecule has 0 aliphatic carbocycles. The van der Waals surface area contributed by atoms with E-state index in [-0.39, 0.29) is 5.91 Å². The molecule has 2 rings (SSSR count). The van der Waals surface area contributed by atoms with Gasteiger partial charge in [0, 0.05) is 0 Å². The molecule has 0 fully saturated rings. The standard InChI is InChI=1S/C8H9N3O/c1-2-5-7-6(11-4-10-5)3-9-8(7)12/h4H,2-3H2,1H3,(H,9,12). The summed E-state index contributed by atoms with van der Waals surface area (Å²) in [6.45, 7) is 2.53. The summed E-state index contributed by atoms with van der Waals surface area (Å²) in [7, 11) is 0. The Kier molecular flexibility index (Phi) is 1.53. The summed E-state index contributed by atoms with van der Waals surface area (Å²) in [6.07, 6.45) is 2.29. The highest BCUT2D eigenvalue weighted by Gasteiger charge is 2.23. The smallest absolute Gasteiger partial charge is 0.255 e. The van der Waals surface area contributed by atoms with Crippen LogP contribution in [0.4, 0.5) is 0 Å². The number of rotatable bonds is 1. The Labute approximate surface area is 70.0 Å². The number of fused-ring (bicyclic) bond motifs is 1. The minimum absolute atomic E-state index is 0.0394. The first-order valence-electron chi connectivity index (χ1n) is 3.94. The summed E-state index contributed by atoms with van der Waals surface area (Å²) in [5.74, 6) is -0.0394. The van der Waals surface area contributed by atoms with E-state index in [9.17, 15) is 4.79 Å². The molecule has 1 aromatic heterocycles. The largest absolute Gasteiger partial charge is 0.346 e. The molecule has 62 valence electrons. The van der Waals surface area contributed by atoms with E-state index < -0.39 is 0 Å². The van der Waals surface area contributed by atoms with Crippen molar-refractivity contribution in [2.45, 2.75) is 19.9 Å². The van der Waals surface area contributed by atoms with E-state index in [0.29, 0.717) is 12.1 Å². The minimum atomic E-state index is -0.0394. The number of nitrogens with zero attached hydrogens (tertiary/aromatic N) is 2. The molecule has 12 heavy (non-hydrogen) atoms. The van der Waals surface area contributed by atoms with Crippen molar-refractivity contribution in [1.82, 2.24) is 15.3 Å². The quantitative estimate of drug-likeness (QED) is 0.647. The molecule has 0 atom stereocenters. The SMILES string of the molecule is CCc1ncnc2c1C(=O)NC2. The monoisotopic (exact) mass is 163 g/mol. The Morgan fingerprint density at radius 3 is 3.17 bits per heavy atom. The van der Waals surface area contributed by atoms with E-state index in [1.165, 1.54) is 6.33 Å². The molecule has 0 radical (unpaired) electrons. The molecule has 1 aromatic rings. The highest BCUT2D eigenvalue weighted by atomic mass is 16.1. The average Bonchev–Trinajstić information content (AvgIpc) is 2.48.